The molecule has 0 aliphatic carbocycles. The third-order valence-corrected chi connectivity index (χ3v) is 4.25. The molecule has 2 nitrogen and oxygen atoms in total. The van der Waals surface area contributed by atoms with Crippen LogP contribution >= 0.6 is 0 Å². The quantitative estimate of drug-likeness (QED) is 0.925. The first-order valence-corrected chi connectivity index (χ1v) is 7.43. The Bertz CT molecular complexity index is 612. The van der Waals surface area contributed by atoms with Crippen molar-refractivity contribution in [1.29, 1.82) is 0 Å². The number of rotatable bonds is 3. The molecule has 2 aromatic rings. The van der Waals surface area contributed by atoms with Gasteiger partial charge in [0.15, 0.2) is 0 Å². The highest BCUT2D eigenvalue weighted by molar-refractivity contribution is 5.56. The van der Waals surface area contributed by atoms with Crippen molar-refractivity contribution >= 4 is 5.69 Å². The van der Waals surface area contributed by atoms with Crippen molar-refractivity contribution in [2.75, 3.05) is 18.0 Å². The minimum absolute atomic E-state index is 0.328. The number of nitrogens with zero attached hydrogens (tertiary/aromatic N) is 1. The largest absolute Gasteiger partial charge is 0.389 e. The lowest BCUT2D eigenvalue weighted by atomic mass is 9.99. The summed E-state index contributed by atoms with van der Waals surface area (Å²) in [6.07, 6.45) is 0.261. The summed E-state index contributed by atoms with van der Waals surface area (Å²) in [6.45, 7) is 3.38. The molecular formula is C18H20FNO. The Kier molecular flexibility index (Phi) is 3.93. The van der Waals surface area contributed by atoms with E-state index in [2.05, 4.69) is 29.2 Å². The molecule has 0 spiro atoms. The van der Waals surface area contributed by atoms with Gasteiger partial charge < -0.3 is 10.0 Å². The van der Waals surface area contributed by atoms with Crippen molar-refractivity contribution in [2.45, 2.75) is 25.4 Å². The lowest BCUT2D eigenvalue weighted by Crippen LogP contribution is -2.21. The Morgan fingerprint density at radius 3 is 2.62 bits per heavy atom. The van der Waals surface area contributed by atoms with Crippen molar-refractivity contribution in [3.05, 3.63) is 65.5 Å². The Balaban J connectivity index is 1.86. The molecule has 110 valence electrons. The van der Waals surface area contributed by atoms with Crippen LogP contribution in [0.25, 0.3) is 0 Å². The molecule has 1 unspecified atom stereocenters. The highest BCUT2D eigenvalue weighted by Gasteiger charge is 2.27. The first-order chi connectivity index (χ1) is 10.2. The Labute approximate surface area is 124 Å². The highest BCUT2D eigenvalue weighted by atomic mass is 19.1. The molecule has 21 heavy (non-hydrogen) atoms. The fourth-order valence-corrected chi connectivity index (χ4v) is 3.19. The van der Waals surface area contributed by atoms with E-state index >= 15 is 0 Å². The summed E-state index contributed by atoms with van der Waals surface area (Å²) >= 11 is 0. The first-order valence-electron chi connectivity index (χ1n) is 7.43. The van der Waals surface area contributed by atoms with Crippen molar-refractivity contribution in [3.8, 4) is 0 Å². The van der Waals surface area contributed by atoms with Crippen LogP contribution < -0.4 is 4.90 Å². The number of aliphatic hydroxyl groups is 1. The molecule has 1 aliphatic heterocycles. The van der Waals surface area contributed by atoms with Gasteiger partial charge in [0.25, 0.3) is 0 Å². The first kappa shape index (κ1) is 14.1. The average molecular weight is 285 g/mol. The number of hydrogen-bond acceptors (Lipinski definition) is 2. The van der Waals surface area contributed by atoms with Gasteiger partial charge in [-0.2, -0.15) is 0 Å². The van der Waals surface area contributed by atoms with E-state index < -0.39 is 6.10 Å². The minimum Gasteiger partial charge on any atom is -0.389 e. The molecule has 2 aromatic carbocycles. The number of hydrogen-bond donors (Lipinski definition) is 1. The van der Waals surface area contributed by atoms with Crippen LogP contribution in [-0.2, 0) is 0 Å². The predicted molar refractivity (Wildman–Crippen MR) is 83.0 cm³/mol. The maximum Gasteiger partial charge on any atom is 0.131 e. The molecule has 1 fully saturated rings. The molecule has 0 saturated carbocycles. The maximum absolute atomic E-state index is 14.0. The molecule has 1 saturated heterocycles. The van der Waals surface area contributed by atoms with Gasteiger partial charge in [0, 0.05) is 30.3 Å². The topological polar surface area (TPSA) is 23.5 Å². The van der Waals surface area contributed by atoms with Crippen LogP contribution in [-0.4, -0.2) is 18.2 Å². The lowest BCUT2D eigenvalue weighted by Gasteiger charge is -2.23. The van der Waals surface area contributed by atoms with Crippen molar-refractivity contribution in [1.82, 2.24) is 0 Å². The van der Waals surface area contributed by atoms with Gasteiger partial charge in [0.1, 0.15) is 5.82 Å². The van der Waals surface area contributed by atoms with E-state index in [1.165, 1.54) is 11.6 Å². The molecule has 1 N–H and O–H groups in total. The van der Waals surface area contributed by atoms with Crippen LogP contribution in [0.4, 0.5) is 10.1 Å². The van der Waals surface area contributed by atoms with E-state index in [1.54, 1.807) is 13.0 Å². The van der Waals surface area contributed by atoms with Gasteiger partial charge in [0.2, 0.25) is 0 Å². The molecule has 3 rings (SSSR count). The third kappa shape index (κ3) is 2.79. The lowest BCUT2D eigenvalue weighted by molar-refractivity contribution is 0.194. The SMILES string of the molecule is C[C@H](O)c1c(F)cccc1N1CCC(c2ccccc2)C1. The fourth-order valence-electron chi connectivity index (χ4n) is 3.19. The zero-order valence-corrected chi connectivity index (χ0v) is 12.2. The van der Waals surface area contributed by atoms with Crippen LogP contribution in [0.15, 0.2) is 48.5 Å². The van der Waals surface area contributed by atoms with Crippen LogP contribution in [0.5, 0.6) is 0 Å². The Hall–Kier alpha value is -1.87. The maximum atomic E-state index is 14.0. The van der Waals surface area contributed by atoms with Gasteiger partial charge in [-0.3, -0.25) is 0 Å². The second-order valence-electron chi connectivity index (χ2n) is 5.69. The zero-order chi connectivity index (χ0) is 14.8. The van der Waals surface area contributed by atoms with Crippen LogP contribution in [0, 0.1) is 5.82 Å². The molecule has 1 aliphatic rings. The number of halogens is 1. The van der Waals surface area contributed by atoms with Gasteiger partial charge in [-0.05, 0) is 31.0 Å². The van der Waals surface area contributed by atoms with E-state index in [0.717, 1.165) is 25.2 Å². The van der Waals surface area contributed by atoms with Crippen molar-refractivity contribution < 1.29 is 9.50 Å². The van der Waals surface area contributed by atoms with Gasteiger partial charge in [-0.1, -0.05) is 36.4 Å². The monoisotopic (exact) mass is 285 g/mol. The molecule has 0 radical (unpaired) electrons. The Morgan fingerprint density at radius 1 is 1.14 bits per heavy atom. The van der Waals surface area contributed by atoms with Gasteiger partial charge in [0.05, 0.1) is 6.10 Å². The summed E-state index contributed by atoms with van der Waals surface area (Å²) in [4.78, 5) is 2.18. The average Bonchev–Trinajstić information content (AvgIpc) is 2.97. The van der Waals surface area contributed by atoms with Gasteiger partial charge in [-0.15, -0.1) is 0 Å². The summed E-state index contributed by atoms with van der Waals surface area (Å²) in [5, 5.41) is 9.86. The number of anilines is 1. The summed E-state index contributed by atoms with van der Waals surface area (Å²) in [7, 11) is 0. The van der Waals surface area contributed by atoms with E-state index in [1.807, 2.05) is 12.1 Å². The summed E-state index contributed by atoms with van der Waals surface area (Å²) in [5.41, 5.74) is 2.56. The highest BCUT2D eigenvalue weighted by Crippen LogP contribution is 2.35. The summed E-state index contributed by atoms with van der Waals surface area (Å²) < 4.78 is 14.0. The van der Waals surface area contributed by atoms with E-state index in [4.69, 9.17) is 0 Å². The van der Waals surface area contributed by atoms with Crippen molar-refractivity contribution in [3.63, 3.8) is 0 Å². The molecule has 2 atom stereocenters. The Morgan fingerprint density at radius 2 is 1.90 bits per heavy atom. The molecular weight excluding hydrogens is 265 g/mol. The van der Waals surface area contributed by atoms with Crippen LogP contribution in [0.1, 0.15) is 36.5 Å². The van der Waals surface area contributed by atoms with Crippen LogP contribution in [0.2, 0.25) is 0 Å². The second-order valence-corrected chi connectivity index (χ2v) is 5.69. The van der Waals surface area contributed by atoms with E-state index in [-0.39, 0.29) is 5.82 Å². The molecule has 0 aromatic heterocycles. The van der Waals surface area contributed by atoms with Gasteiger partial charge >= 0.3 is 0 Å². The number of aliphatic hydroxyl groups excluding tert-OH is 1. The van der Waals surface area contributed by atoms with E-state index in [9.17, 15) is 9.50 Å². The third-order valence-electron chi connectivity index (χ3n) is 4.25. The second kappa shape index (κ2) is 5.86. The summed E-state index contributed by atoms with van der Waals surface area (Å²) in [6, 6.07) is 15.5. The smallest absolute Gasteiger partial charge is 0.131 e. The van der Waals surface area contributed by atoms with Gasteiger partial charge in [-0.25, -0.2) is 4.39 Å². The fraction of sp³-hybridized carbons (Fsp3) is 0.333. The normalized spacial score (nSPS) is 19.8. The predicted octanol–water partition coefficient (Wildman–Crippen LogP) is 3.87. The van der Waals surface area contributed by atoms with Crippen molar-refractivity contribution in [2.24, 2.45) is 0 Å². The standard InChI is InChI=1S/C18H20FNO/c1-13(21)18-16(19)8-5-9-17(18)20-11-10-15(12-20)14-6-3-2-4-7-14/h2-9,13,15,21H,10-12H2,1H3/t13-,15?/m0/s1. The zero-order valence-electron chi connectivity index (χ0n) is 12.2. The minimum atomic E-state index is -0.794. The molecule has 3 heteroatoms. The molecule has 0 amide bonds. The molecule has 0 bridgehead atoms. The summed E-state index contributed by atoms with van der Waals surface area (Å²) in [5.74, 6) is 0.141. The number of benzene rings is 2. The molecule has 1 heterocycles. The van der Waals surface area contributed by atoms with Crippen LogP contribution in [0.3, 0.4) is 0 Å². The van der Waals surface area contributed by atoms with E-state index in [0.29, 0.717) is 11.5 Å².